The van der Waals surface area contributed by atoms with Gasteiger partial charge in [-0.3, -0.25) is 0 Å². The van der Waals surface area contributed by atoms with Gasteiger partial charge in [0.1, 0.15) is 11.8 Å². The van der Waals surface area contributed by atoms with Gasteiger partial charge in [0.15, 0.2) is 0 Å². The van der Waals surface area contributed by atoms with Crippen molar-refractivity contribution < 1.29 is 5.11 Å². The van der Waals surface area contributed by atoms with E-state index in [0.717, 1.165) is 18.5 Å². The number of rotatable bonds is 6. The van der Waals surface area contributed by atoms with E-state index >= 15 is 0 Å². The SMILES string of the molecule is CCC(CC)(CO)CNc1ccnc(C#N)c1. The standard InChI is InChI=1S/C13H19N3O/c1-3-13(4-2,10-17)9-16-11-5-6-15-12(7-11)8-14/h5-7,17H,3-4,9-10H2,1-2H3,(H,15,16). The third-order valence-corrected chi connectivity index (χ3v) is 3.38. The summed E-state index contributed by atoms with van der Waals surface area (Å²) in [7, 11) is 0. The summed E-state index contributed by atoms with van der Waals surface area (Å²) in [5.41, 5.74) is 1.18. The highest BCUT2D eigenvalue weighted by Gasteiger charge is 2.24. The van der Waals surface area contributed by atoms with Crippen LogP contribution in [0.15, 0.2) is 18.3 Å². The fourth-order valence-corrected chi connectivity index (χ4v) is 1.67. The van der Waals surface area contributed by atoms with Crippen LogP contribution in [0.5, 0.6) is 0 Å². The molecule has 0 saturated heterocycles. The minimum atomic E-state index is -0.0872. The zero-order valence-electron chi connectivity index (χ0n) is 10.4. The number of hydrogen-bond acceptors (Lipinski definition) is 4. The smallest absolute Gasteiger partial charge is 0.142 e. The summed E-state index contributed by atoms with van der Waals surface area (Å²) in [6, 6.07) is 5.55. The molecule has 0 radical (unpaired) electrons. The lowest BCUT2D eigenvalue weighted by Crippen LogP contribution is -2.32. The molecule has 0 saturated carbocycles. The van der Waals surface area contributed by atoms with Gasteiger partial charge >= 0.3 is 0 Å². The normalized spacial score (nSPS) is 10.9. The van der Waals surface area contributed by atoms with Crippen molar-refractivity contribution in [2.75, 3.05) is 18.5 Å². The third kappa shape index (κ3) is 3.43. The molecule has 4 nitrogen and oxygen atoms in total. The molecule has 1 aromatic rings. The minimum Gasteiger partial charge on any atom is -0.396 e. The van der Waals surface area contributed by atoms with Crippen molar-refractivity contribution in [3.05, 3.63) is 24.0 Å². The molecule has 0 atom stereocenters. The quantitative estimate of drug-likeness (QED) is 0.790. The molecule has 0 aromatic carbocycles. The van der Waals surface area contributed by atoms with Crippen molar-refractivity contribution in [1.29, 1.82) is 5.26 Å². The topological polar surface area (TPSA) is 68.9 Å². The van der Waals surface area contributed by atoms with E-state index in [4.69, 9.17) is 5.26 Å². The van der Waals surface area contributed by atoms with Gasteiger partial charge in [0, 0.05) is 23.8 Å². The van der Waals surface area contributed by atoms with Crippen LogP contribution in [-0.2, 0) is 0 Å². The lowest BCUT2D eigenvalue weighted by molar-refractivity contribution is 0.127. The molecule has 1 aromatic heterocycles. The van der Waals surface area contributed by atoms with E-state index in [-0.39, 0.29) is 12.0 Å². The van der Waals surface area contributed by atoms with Crippen LogP contribution in [0.2, 0.25) is 0 Å². The molecular formula is C13H19N3O. The fraction of sp³-hybridized carbons (Fsp3) is 0.538. The Labute approximate surface area is 102 Å². The van der Waals surface area contributed by atoms with Gasteiger partial charge in [0.2, 0.25) is 0 Å². The summed E-state index contributed by atoms with van der Waals surface area (Å²) in [6.45, 7) is 5.03. The zero-order valence-corrected chi connectivity index (χ0v) is 10.4. The lowest BCUT2D eigenvalue weighted by Gasteiger charge is -2.30. The maximum absolute atomic E-state index is 9.45. The summed E-state index contributed by atoms with van der Waals surface area (Å²) >= 11 is 0. The average Bonchev–Trinajstić information content (AvgIpc) is 2.41. The molecule has 1 rings (SSSR count). The summed E-state index contributed by atoms with van der Waals surface area (Å²) in [5, 5.41) is 21.5. The Hall–Kier alpha value is -1.60. The number of nitrogens with zero attached hydrogens (tertiary/aromatic N) is 2. The average molecular weight is 233 g/mol. The largest absolute Gasteiger partial charge is 0.396 e. The van der Waals surface area contributed by atoms with Crippen LogP contribution in [0.25, 0.3) is 0 Å². The van der Waals surface area contributed by atoms with Crippen LogP contribution in [0.3, 0.4) is 0 Å². The molecule has 92 valence electrons. The van der Waals surface area contributed by atoms with Crippen LogP contribution in [0, 0.1) is 16.7 Å². The van der Waals surface area contributed by atoms with E-state index in [1.165, 1.54) is 0 Å². The van der Waals surface area contributed by atoms with Crippen LogP contribution in [-0.4, -0.2) is 23.2 Å². The van der Waals surface area contributed by atoms with Gasteiger partial charge < -0.3 is 10.4 Å². The van der Waals surface area contributed by atoms with E-state index in [1.807, 2.05) is 12.1 Å². The number of nitrogens with one attached hydrogen (secondary N) is 1. The molecule has 0 aliphatic carbocycles. The highest BCUT2D eigenvalue weighted by Crippen LogP contribution is 2.26. The van der Waals surface area contributed by atoms with Crippen LogP contribution >= 0.6 is 0 Å². The molecule has 0 amide bonds. The van der Waals surface area contributed by atoms with E-state index in [2.05, 4.69) is 24.1 Å². The number of hydrogen-bond donors (Lipinski definition) is 2. The van der Waals surface area contributed by atoms with Gasteiger partial charge in [-0.1, -0.05) is 13.8 Å². The Kier molecular flexibility index (Phi) is 4.92. The summed E-state index contributed by atoms with van der Waals surface area (Å²) in [4.78, 5) is 3.91. The van der Waals surface area contributed by atoms with Crippen molar-refractivity contribution >= 4 is 5.69 Å². The van der Waals surface area contributed by atoms with Crippen molar-refractivity contribution in [2.24, 2.45) is 5.41 Å². The maximum atomic E-state index is 9.45. The van der Waals surface area contributed by atoms with E-state index < -0.39 is 0 Å². The number of aliphatic hydroxyl groups is 1. The molecule has 0 fully saturated rings. The molecule has 0 unspecified atom stereocenters. The Bertz CT molecular complexity index is 386. The van der Waals surface area contributed by atoms with Crippen LogP contribution in [0.1, 0.15) is 32.4 Å². The predicted octanol–water partition coefficient (Wildman–Crippen LogP) is 2.16. The Morgan fingerprint density at radius 3 is 2.71 bits per heavy atom. The molecular weight excluding hydrogens is 214 g/mol. The second-order valence-electron chi connectivity index (χ2n) is 4.26. The van der Waals surface area contributed by atoms with Crippen LogP contribution in [0.4, 0.5) is 5.69 Å². The van der Waals surface area contributed by atoms with E-state index in [0.29, 0.717) is 12.2 Å². The summed E-state index contributed by atoms with van der Waals surface area (Å²) in [5.74, 6) is 0. The van der Waals surface area contributed by atoms with Gasteiger partial charge in [0.05, 0.1) is 6.61 Å². The molecule has 0 aliphatic rings. The van der Waals surface area contributed by atoms with Crippen molar-refractivity contribution in [1.82, 2.24) is 4.98 Å². The second kappa shape index (κ2) is 6.21. The van der Waals surface area contributed by atoms with Gasteiger partial charge in [-0.2, -0.15) is 5.26 Å². The molecule has 1 heterocycles. The van der Waals surface area contributed by atoms with Crippen molar-refractivity contribution in [3.63, 3.8) is 0 Å². The third-order valence-electron chi connectivity index (χ3n) is 3.38. The van der Waals surface area contributed by atoms with Gasteiger partial charge in [-0.05, 0) is 25.0 Å². The predicted molar refractivity (Wildman–Crippen MR) is 67.5 cm³/mol. The maximum Gasteiger partial charge on any atom is 0.142 e. The van der Waals surface area contributed by atoms with Gasteiger partial charge in [-0.25, -0.2) is 4.98 Å². The first-order chi connectivity index (χ1) is 8.19. The van der Waals surface area contributed by atoms with E-state index in [9.17, 15) is 5.11 Å². The first-order valence-corrected chi connectivity index (χ1v) is 5.90. The Balaban J connectivity index is 2.69. The molecule has 17 heavy (non-hydrogen) atoms. The molecule has 4 heteroatoms. The first kappa shape index (κ1) is 13.5. The number of nitriles is 1. The highest BCUT2D eigenvalue weighted by atomic mass is 16.3. The Morgan fingerprint density at radius 2 is 2.18 bits per heavy atom. The minimum absolute atomic E-state index is 0.0872. The molecule has 0 aliphatic heterocycles. The lowest BCUT2D eigenvalue weighted by atomic mass is 9.83. The fourth-order valence-electron chi connectivity index (χ4n) is 1.67. The Morgan fingerprint density at radius 1 is 1.47 bits per heavy atom. The second-order valence-corrected chi connectivity index (χ2v) is 4.26. The van der Waals surface area contributed by atoms with E-state index in [1.54, 1.807) is 12.3 Å². The zero-order chi connectivity index (χ0) is 12.7. The first-order valence-electron chi connectivity index (χ1n) is 5.90. The van der Waals surface area contributed by atoms with Gasteiger partial charge in [-0.15, -0.1) is 0 Å². The highest BCUT2D eigenvalue weighted by molar-refractivity contribution is 5.46. The number of aliphatic hydroxyl groups excluding tert-OH is 1. The summed E-state index contributed by atoms with van der Waals surface area (Å²) < 4.78 is 0. The van der Waals surface area contributed by atoms with Gasteiger partial charge in [0.25, 0.3) is 0 Å². The number of pyridine rings is 1. The molecule has 0 bridgehead atoms. The van der Waals surface area contributed by atoms with Crippen molar-refractivity contribution in [2.45, 2.75) is 26.7 Å². The number of anilines is 1. The van der Waals surface area contributed by atoms with Crippen molar-refractivity contribution in [3.8, 4) is 6.07 Å². The molecule has 2 N–H and O–H groups in total. The summed E-state index contributed by atoms with van der Waals surface area (Å²) in [6.07, 6.45) is 3.45. The monoisotopic (exact) mass is 233 g/mol. The van der Waals surface area contributed by atoms with Crippen LogP contribution < -0.4 is 5.32 Å². The number of aromatic nitrogens is 1. The molecule has 0 spiro atoms.